The predicted octanol–water partition coefficient (Wildman–Crippen LogP) is 3.54. The van der Waals surface area contributed by atoms with Crippen LogP contribution in [0.5, 0.6) is 0 Å². The molecule has 0 aliphatic rings. The minimum absolute atomic E-state index is 0.0132. The van der Waals surface area contributed by atoms with E-state index in [1.54, 1.807) is 0 Å². The van der Waals surface area contributed by atoms with Crippen molar-refractivity contribution in [3.63, 3.8) is 0 Å². The molecule has 2 nitrogen and oxygen atoms in total. The van der Waals surface area contributed by atoms with Crippen molar-refractivity contribution >= 4 is 5.91 Å². The Morgan fingerprint density at radius 2 is 1.47 bits per heavy atom. The Morgan fingerprint density at radius 1 is 0.895 bits per heavy atom. The van der Waals surface area contributed by atoms with E-state index in [0.717, 1.165) is 11.1 Å². The molecule has 2 aromatic rings. The molecule has 0 radical (unpaired) electrons. The SMILES string of the molecule is Cc1ccccc1C(=O)NCc1c(C)cccc1C. The van der Waals surface area contributed by atoms with E-state index in [1.807, 2.05) is 37.3 Å². The van der Waals surface area contributed by atoms with Crippen molar-refractivity contribution in [1.82, 2.24) is 5.32 Å². The van der Waals surface area contributed by atoms with Gasteiger partial charge in [0, 0.05) is 12.1 Å². The number of nitrogens with one attached hydrogen (secondary N) is 1. The molecule has 1 amide bonds. The van der Waals surface area contributed by atoms with E-state index in [2.05, 4.69) is 31.3 Å². The summed E-state index contributed by atoms with van der Waals surface area (Å²) in [6.07, 6.45) is 0. The van der Waals surface area contributed by atoms with Gasteiger partial charge in [0.25, 0.3) is 5.91 Å². The van der Waals surface area contributed by atoms with Crippen molar-refractivity contribution in [3.8, 4) is 0 Å². The topological polar surface area (TPSA) is 29.1 Å². The number of benzene rings is 2. The number of carbonyl (C=O) groups excluding carboxylic acids is 1. The maximum Gasteiger partial charge on any atom is 0.251 e. The predicted molar refractivity (Wildman–Crippen MR) is 78.3 cm³/mol. The number of rotatable bonds is 3. The zero-order valence-corrected chi connectivity index (χ0v) is 11.7. The number of carbonyl (C=O) groups is 1. The summed E-state index contributed by atoms with van der Waals surface area (Å²) in [5, 5.41) is 3.00. The van der Waals surface area contributed by atoms with E-state index in [-0.39, 0.29) is 5.91 Å². The first-order chi connectivity index (χ1) is 9.09. The Labute approximate surface area is 114 Å². The smallest absolute Gasteiger partial charge is 0.251 e. The molecule has 2 heteroatoms. The minimum Gasteiger partial charge on any atom is -0.348 e. The molecule has 2 rings (SSSR count). The van der Waals surface area contributed by atoms with Gasteiger partial charge in [-0.15, -0.1) is 0 Å². The molecule has 0 heterocycles. The van der Waals surface area contributed by atoms with Crippen molar-refractivity contribution in [3.05, 3.63) is 70.3 Å². The minimum atomic E-state index is -0.0132. The molecule has 1 N–H and O–H groups in total. The molecule has 0 aliphatic carbocycles. The second-order valence-corrected chi connectivity index (χ2v) is 4.87. The van der Waals surface area contributed by atoms with Gasteiger partial charge in [-0.3, -0.25) is 4.79 Å². The van der Waals surface area contributed by atoms with Gasteiger partial charge in [-0.05, 0) is 49.1 Å². The van der Waals surface area contributed by atoms with Crippen LogP contribution < -0.4 is 5.32 Å². The fourth-order valence-corrected chi connectivity index (χ4v) is 2.22. The molecular formula is C17H19NO. The van der Waals surface area contributed by atoms with E-state index in [1.165, 1.54) is 16.7 Å². The summed E-state index contributed by atoms with van der Waals surface area (Å²) in [5.74, 6) is -0.0132. The van der Waals surface area contributed by atoms with Gasteiger partial charge < -0.3 is 5.32 Å². The third kappa shape index (κ3) is 3.02. The van der Waals surface area contributed by atoms with Crippen LogP contribution in [-0.2, 0) is 6.54 Å². The van der Waals surface area contributed by atoms with Gasteiger partial charge in [-0.2, -0.15) is 0 Å². The van der Waals surface area contributed by atoms with Crippen LogP contribution in [0.4, 0.5) is 0 Å². The average Bonchev–Trinajstić information content (AvgIpc) is 2.38. The van der Waals surface area contributed by atoms with Crippen LogP contribution in [0.3, 0.4) is 0 Å². The fraction of sp³-hybridized carbons (Fsp3) is 0.235. The van der Waals surface area contributed by atoms with Crippen molar-refractivity contribution < 1.29 is 4.79 Å². The summed E-state index contributed by atoms with van der Waals surface area (Å²) in [7, 11) is 0. The zero-order chi connectivity index (χ0) is 13.8. The number of aryl methyl sites for hydroxylation is 3. The fourth-order valence-electron chi connectivity index (χ4n) is 2.22. The summed E-state index contributed by atoms with van der Waals surface area (Å²) in [4.78, 5) is 12.2. The lowest BCUT2D eigenvalue weighted by atomic mass is 10.0. The highest BCUT2D eigenvalue weighted by molar-refractivity contribution is 5.95. The molecule has 0 spiro atoms. The maximum absolute atomic E-state index is 12.2. The Kier molecular flexibility index (Phi) is 4.00. The molecule has 0 aliphatic heterocycles. The van der Waals surface area contributed by atoms with Crippen molar-refractivity contribution in [2.45, 2.75) is 27.3 Å². The molecule has 0 atom stereocenters. The first-order valence-electron chi connectivity index (χ1n) is 6.48. The lowest BCUT2D eigenvalue weighted by Crippen LogP contribution is -2.24. The molecule has 0 fully saturated rings. The highest BCUT2D eigenvalue weighted by atomic mass is 16.1. The largest absolute Gasteiger partial charge is 0.348 e. The van der Waals surface area contributed by atoms with Crippen molar-refractivity contribution in [2.24, 2.45) is 0 Å². The summed E-state index contributed by atoms with van der Waals surface area (Å²) >= 11 is 0. The normalized spacial score (nSPS) is 10.3. The molecule has 19 heavy (non-hydrogen) atoms. The van der Waals surface area contributed by atoms with E-state index >= 15 is 0 Å². The molecule has 0 aromatic heterocycles. The first kappa shape index (κ1) is 13.3. The Morgan fingerprint density at radius 3 is 2.11 bits per heavy atom. The van der Waals surface area contributed by atoms with Crippen LogP contribution in [0.15, 0.2) is 42.5 Å². The van der Waals surface area contributed by atoms with Gasteiger partial charge in [0.2, 0.25) is 0 Å². The third-order valence-corrected chi connectivity index (χ3v) is 3.46. The van der Waals surface area contributed by atoms with Crippen LogP contribution in [0.1, 0.15) is 32.6 Å². The number of hydrogen-bond acceptors (Lipinski definition) is 1. The second-order valence-electron chi connectivity index (χ2n) is 4.87. The summed E-state index contributed by atoms with van der Waals surface area (Å²) in [5.41, 5.74) is 5.37. The van der Waals surface area contributed by atoms with E-state index in [0.29, 0.717) is 6.54 Å². The Bertz CT molecular complexity index is 582. The highest BCUT2D eigenvalue weighted by Gasteiger charge is 2.09. The van der Waals surface area contributed by atoms with Crippen LogP contribution >= 0.6 is 0 Å². The lowest BCUT2D eigenvalue weighted by Gasteiger charge is -2.12. The van der Waals surface area contributed by atoms with Crippen LogP contribution in [0.25, 0.3) is 0 Å². The van der Waals surface area contributed by atoms with Gasteiger partial charge in [-0.25, -0.2) is 0 Å². The monoisotopic (exact) mass is 253 g/mol. The highest BCUT2D eigenvalue weighted by Crippen LogP contribution is 2.13. The van der Waals surface area contributed by atoms with Crippen LogP contribution in [-0.4, -0.2) is 5.91 Å². The third-order valence-electron chi connectivity index (χ3n) is 3.46. The van der Waals surface area contributed by atoms with Crippen molar-refractivity contribution in [2.75, 3.05) is 0 Å². The lowest BCUT2D eigenvalue weighted by molar-refractivity contribution is 0.0950. The maximum atomic E-state index is 12.2. The van der Waals surface area contributed by atoms with Gasteiger partial charge in [0.05, 0.1) is 0 Å². The summed E-state index contributed by atoms with van der Waals surface area (Å²) in [6.45, 7) is 6.67. The van der Waals surface area contributed by atoms with E-state index in [4.69, 9.17) is 0 Å². The zero-order valence-electron chi connectivity index (χ0n) is 11.7. The molecule has 0 bridgehead atoms. The second kappa shape index (κ2) is 5.70. The van der Waals surface area contributed by atoms with Gasteiger partial charge in [-0.1, -0.05) is 36.4 Å². The standard InChI is InChI=1S/C17H19NO/c1-12-7-4-5-10-15(12)17(19)18-11-16-13(2)8-6-9-14(16)3/h4-10H,11H2,1-3H3,(H,18,19). The Balaban J connectivity index is 2.11. The first-order valence-corrected chi connectivity index (χ1v) is 6.48. The average molecular weight is 253 g/mol. The number of hydrogen-bond donors (Lipinski definition) is 1. The number of amides is 1. The quantitative estimate of drug-likeness (QED) is 0.890. The molecule has 98 valence electrons. The molecule has 0 saturated heterocycles. The van der Waals surface area contributed by atoms with Crippen LogP contribution in [0, 0.1) is 20.8 Å². The van der Waals surface area contributed by atoms with Gasteiger partial charge >= 0.3 is 0 Å². The molecule has 0 unspecified atom stereocenters. The summed E-state index contributed by atoms with van der Waals surface area (Å²) < 4.78 is 0. The van der Waals surface area contributed by atoms with Gasteiger partial charge in [0.1, 0.15) is 0 Å². The Hall–Kier alpha value is -2.09. The molecular weight excluding hydrogens is 234 g/mol. The van der Waals surface area contributed by atoms with Crippen molar-refractivity contribution in [1.29, 1.82) is 0 Å². The van der Waals surface area contributed by atoms with E-state index in [9.17, 15) is 4.79 Å². The summed E-state index contributed by atoms with van der Waals surface area (Å²) in [6, 6.07) is 13.8. The molecule has 2 aromatic carbocycles. The van der Waals surface area contributed by atoms with E-state index < -0.39 is 0 Å². The van der Waals surface area contributed by atoms with Crippen LogP contribution in [0.2, 0.25) is 0 Å². The van der Waals surface area contributed by atoms with Gasteiger partial charge in [0.15, 0.2) is 0 Å². The molecule has 0 saturated carbocycles.